The number of carboxylic acid groups (broad SMARTS) is 1. The van der Waals surface area contributed by atoms with Crippen molar-refractivity contribution in [3.63, 3.8) is 0 Å². The SMILES string of the molecule is CC(C)n1ncc2c(C(=O)O)cc(-c3cccc(OCC(CN(C)C(=O)OC(C)(C)C)O[Si](C)(C)C(C)(C)C)c3)nc21. The van der Waals surface area contributed by atoms with Crippen molar-refractivity contribution >= 4 is 31.4 Å². The summed E-state index contributed by atoms with van der Waals surface area (Å²) in [5.74, 6) is -0.466. The normalized spacial score (nSPS) is 13.3. The van der Waals surface area contributed by atoms with Crippen LogP contribution < -0.4 is 4.74 Å². The molecule has 0 radical (unpaired) electrons. The van der Waals surface area contributed by atoms with Crippen molar-refractivity contribution < 1.29 is 28.6 Å². The largest absolute Gasteiger partial charge is 0.491 e. The highest BCUT2D eigenvalue weighted by atomic mass is 28.4. The number of carbonyl (C=O) groups excluding carboxylic acids is 1. The summed E-state index contributed by atoms with van der Waals surface area (Å²) in [6.07, 6.45) is 0.719. The van der Waals surface area contributed by atoms with E-state index in [1.54, 1.807) is 24.0 Å². The first-order valence-electron chi connectivity index (χ1n) is 14.3. The second-order valence-corrected chi connectivity index (χ2v) is 18.2. The lowest BCUT2D eigenvalue weighted by Crippen LogP contribution is -2.49. The van der Waals surface area contributed by atoms with Gasteiger partial charge in [0.25, 0.3) is 0 Å². The molecule has 0 aliphatic rings. The molecule has 11 heteroatoms. The monoisotopic (exact) mass is 598 g/mol. The zero-order chi connectivity index (χ0) is 31.6. The first-order valence-corrected chi connectivity index (χ1v) is 17.2. The van der Waals surface area contributed by atoms with Crippen LogP contribution in [0.5, 0.6) is 5.75 Å². The van der Waals surface area contributed by atoms with Gasteiger partial charge < -0.3 is 23.9 Å². The molecule has 0 aliphatic heterocycles. The fraction of sp³-hybridized carbons (Fsp3) is 0.548. The third-order valence-corrected chi connectivity index (χ3v) is 11.8. The molecular weight excluding hydrogens is 552 g/mol. The lowest BCUT2D eigenvalue weighted by atomic mass is 10.1. The fourth-order valence-electron chi connectivity index (χ4n) is 4.09. The van der Waals surface area contributed by atoms with Crippen LogP contribution in [-0.2, 0) is 9.16 Å². The molecule has 1 atom stereocenters. The van der Waals surface area contributed by atoms with E-state index >= 15 is 0 Å². The van der Waals surface area contributed by atoms with Crippen LogP contribution in [0.15, 0.2) is 36.5 Å². The number of hydrogen-bond donors (Lipinski definition) is 1. The Kier molecular flexibility index (Phi) is 9.78. The minimum Gasteiger partial charge on any atom is -0.491 e. The number of hydrogen-bond acceptors (Lipinski definition) is 7. The second-order valence-electron chi connectivity index (χ2n) is 13.5. The predicted molar refractivity (Wildman–Crippen MR) is 167 cm³/mol. The maximum atomic E-state index is 12.7. The molecule has 0 fully saturated rings. The first-order chi connectivity index (χ1) is 19.3. The molecule has 2 aromatic heterocycles. The van der Waals surface area contributed by atoms with Gasteiger partial charge >= 0.3 is 12.1 Å². The number of amides is 1. The number of aromatic carboxylic acids is 1. The average Bonchev–Trinajstić information content (AvgIpc) is 3.29. The van der Waals surface area contributed by atoms with E-state index in [0.717, 1.165) is 0 Å². The number of ether oxygens (including phenoxy) is 2. The molecule has 0 bridgehead atoms. The second kappa shape index (κ2) is 12.4. The number of pyridine rings is 1. The first kappa shape index (κ1) is 33.1. The summed E-state index contributed by atoms with van der Waals surface area (Å²) in [5.41, 5.74) is 1.26. The molecule has 3 aromatic rings. The van der Waals surface area contributed by atoms with Crippen molar-refractivity contribution in [1.82, 2.24) is 19.7 Å². The van der Waals surface area contributed by atoms with E-state index in [4.69, 9.17) is 18.9 Å². The van der Waals surface area contributed by atoms with Crippen LogP contribution >= 0.6 is 0 Å². The lowest BCUT2D eigenvalue weighted by Gasteiger charge is -2.40. The van der Waals surface area contributed by atoms with Crippen LogP contribution in [-0.4, -0.2) is 77.1 Å². The minimum absolute atomic E-state index is 0.0122. The molecule has 1 amide bonds. The molecular formula is C31H46N4O6Si. The van der Waals surface area contributed by atoms with Crippen LogP contribution in [0.2, 0.25) is 18.1 Å². The Balaban J connectivity index is 1.89. The van der Waals surface area contributed by atoms with Crippen molar-refractivity contribution in [3.05, 3.63) is 42.1 Å². The van der Waals surface area contributed by atoms with Gasteiger partial charge in [0.2, 0.25) is 0 Å². The van der Waals surface area contributed by atoms with Crippen molar-refractivity contribution in [2.75, 3.05) is 20.2 Å². The molecule has 0 spiro atoms. The molecule has 10 nitrogen and oxygen atoms in total. The van der Waals surface area contributed by atoms with E-state index in [-0.39, 0.29) is 23.3 Å². The molecule has 230 valence electrons. The van der Waals surface area contributed by atoms with Crippen molar-refractivity contribution in [2.45, 2.75) is 91.3 Å². The van der Waals surface area contributed by atoms with Gasteiger partial charge in [0, 0.05) is 18.7 Å². The van der Waals surface area contributed by atoms with Gasteiger partial charge in [-0.05, 0) is 71.0 Å². The van der Waals surface area contributed by atoms with Crippen molar-refractivity contribution in [1.29, 1.82) is 0 Å². The van der Waals surface area contributed by atoms with Gasteiger partial charge in [-0.2, -0.15) is 5.10 Å². The summed E-state index contributed by atoms with van der Waals surface area (Å²) in [6, 6.07) is 8.94. The number of carboxylic acids is 1. The Morgan fingerprint density at radius 2 is 1.76 bits per heavy atom. The summed E-state index contributed by atoms with van der Waals surface area (Å²) in [4.78, 5) is 31.1. The highest BCUT2D eigenvalue weighted by Gasteiger charge is 2.40. The predicted octanol–water partition coefficient (Wildman–Crippen LogP) is 7.01. The number of fused-ring (bicyclic) bond motifs is 1. The van der Waals surface area contributed by atoms with Gasteiger partial charge in [-0.15, -0.1) is 0 Å². The molecule has 0 saturated heterocycles. The topological polar surface area (TPSA) is 116 Å². The number of carbonyl (C=O) groups is 2. The minimum atomic E-state index is -2.20. The van der Waals surface area contributed by atoms with Gasteiger partial charge in [-0.3, -0.25) is 0 Å². The third-order valence-electron chi connectivity index (χ3n) is 7.30. The molecule has 0 saturated carbocycles. The fourth-order valence-corrected chi connectivity index (χ4v) is 5.42. The molecule has 3 rings (SSSR count). The summed E-state index contributed by atoms with van der Waals surface area (Å²) in [5, 5.41) is 14.7. The van der Waals surface area contributed by atoms with Crippen LogP contribution in [0.4, 0.5) is 4.79 Å². The Labute approximate surface area is 250 Å². The van der Waals surface area contributed by atoms with Crippen LogP contribution in [0.25, 0.3) is 22.3 Å². The van der Waals surface area contributed by atoms with Crippen molar-refractivity contribution in [3.8, 4) is 17.0 Å². The van der Waals surface area contributed by atoms with E-state index in [2.05, 4.69) is 39.0 Å². The Morgan fingerprint density at radius 1 is 1.10 bits per heavy atom. The maximum Gasteiger partial charge on any atom is 0.410 e. The van der Waals surface area contributed by atoms with E-state index in [1.165, 1.54) is 4.90 Å². The number of aromatic nitrogens is 3. The standard InChI is InChI=1S/C31H46N4O6Si/c1-20(2)35-27-25(17-32-35)24(28(36)37)16-26(33-27)21-13-12-14-22(15-21)39-19-23(41-42(10,11)31(6,7)8)18-34(9)29(38)40-30(3,4)5/h12-17,20,23H,18-19H2,1-11H3,(H,36,37). The van der Waals surface area contributed by atoms with Crippen LogP contribution in [0.3, 0.4) is 0 Å². The smallest absolute Gasteiger partial charge is 0.410 e. The summed E-state index contributed by atoms with van der Waals surface area (Å²) < 4.78 is 20.2. The van der Waals surface area contributed by atoms with Crippen LogP contribution in [0.1, 0.15) is 71.8 Å². The van der Waals surface area contributed by atoms with E-state index in [9.17, 15) is 14.7 Å². The maximum absolute atomic E-state index is 12.7. The van der Waals surface area contributed by atoms with Gasteiger partial charge in [0.05, 0.1) is 35.5 Å². The van der Waals surface area contributed by atoms with Gasteiger partial charge in [0.1, 0.15) is 18.0 Å². The average molecular weight is 599 g/mol. The molecule has 1 N–H and O–H groups in total. The lowest BCUT2D eigenvalue weighted by molar-refractivity contribution is 0.0172. The molecule has 2 heterocycles. The Hall–Kier alpha value is -3.44. The zero-order valence-corrected chi connectivity index (χ0v) is 27.8. The molecule has 1 aromatic carbocycles. The number of rotatable bonds is 10. The summed E-state index contributed by atoms with van der Waals surface area (Å²) >= 11 is 0. The quantitative estimate of drug-likeness (QED) is 0.248. The van der Waals surface area contributed by atoms with Gasteiger partial charge in [0.15, 0.2) is 14.0 Å². The van der Waals surface area contributed by atoms with Crippen LogP contribution in [0, 0.1) is 0 Å². The molecule has 42 heavy (non-hydrogen) atoms. The van der Waals surface area contributed by atoms with E-state index in [0.29, 0.717) is 34.6 Å². The zero-order valence-electron chi connectivity index (χ0n) is 26.8. The van der Waals surface area contributed by atoms with Gasteiger partial charge in [-0.1, -0.05) is 32.9 Å². The van der Waals surface area contributed by atoms with E-state index < -0.39 is 32.1 Å². The summed E-state index contributed by atoms with van der Waals surface area (Å²) in [7, 11) is -0.507. The highest BCUT2D eigenvalue weighted by molar-refractivity contribution is 6.74. The number of benzene rings is 1. The Bertz CT molecular complexity index is 1420. The number of nitrogens with zero attached hydrogens (tertiary/aromatic N) is 4. The molecule has 1 unspecified atom stereocenters. The van der Waals surface area contributed by atoms with Crippen molar-refractivity contribution in [2.24, 2.45) is 0 Å². The Morgan fingerprint density at radius 3 is 2.33 bits per heavy atom. The third kappa shape index (κ3) is 8.10. The molecule has 0 aliphatic carbocycles. The highest BCUT2D eigenvalue weighted by Crippen LogP contribution is 2.37. The number of likely N-dealkylation sites (N-methyl/N-ethyl adjacent to an activating group) is 1. The van der Waals surface area contributed by atoms with E-state index in [1.807, 2.05) is 58.9 Å². The van der Waals surface area contributed by atoms with Gasteiger partial charge in [-0.25, -0.2) is 19.3 Å². The summed E-state index contributed by atoms with van der Waals surface area (Å²) in [6.45, 7) is 20.8.